The van der Waals surface area contributed by atoms with Crippen LogP contribution in [0.4, 0.5) is 11.4 Å². The third-order valence-electron chi connectivity index (χ3n) is 1.97. The fourth-order valence-electron chi connectivity index (χ4n) is 1.19. The van der Waals surface area contributed by atoms with Crippen molar-refractivity contribution in [3.05, 3.63) is 33.4 Å². The van der Waals surface area contributed by atoms with E-state index in [1.54, 1.807) is 0 Å². The van der Waals surface area contributed by atoms with Gasteiger partial charge in [0.15, 0.2) is 0 Å². The van der Waals surface area contributed by atoms with Gasteiger partial charge in [0.1, 0.15) is 0 Å². The minimum Gasteiger partial charge on any atom is -0.478 e. The number of nitrogens with one attached hydrogen (secondary N) is 1. The number of aromatic carboxylic acids is 1. The Balaban J connectivity index is 3.47. The highest BCUT2D eigenvalue weighted by molar-refractivity contribution is 5.92. The molecule has 7 heteroatoms. The van der Waals surface area contributed by atoms with Gasteiger partial charge in [-0.05, 0) is 13.0 Å². The van der Waals surface area contributed by atoms with Crippen LogP contribution in [0.1, 0.15) is 15.9 Å². The molecule has 1 aromatic rings. The number of nitrogens with zero attached hydrogens (tertiary/aromatic N) is 1. The molecule has 1 rings (SSSR count). The molecular formula is C8H9N3O4. The molecule has 0 amide bonds. The summed E-state index contributed by atoms with van der Waals surface area (Å²) in [5.74, 6) is 3.84. The molecule has 0 radical (unpaired) electrons. The Morgan fingerprint density at radius 2 is 2.20 bits per heavy atom. The second kappa shape index (κ2) is 3.93. The normalized spacial score (nSPS) is 9.73. The van der Waals surface area contributed by atoms with E-state index in [9.17, 15) is 14.9 Å². The van der Waals surface area contributed by atoms with Gasteiger partial charge in [-0.15, -0.1) is 0 Å². The smallest absolute Gasteiger partial charge is 0.336 e. The number of hydrazine groups is 1. The summed E-state index contributed by atoms with van der Waals surface area (Å²) < 4.78 is 0. The van der Waals surface area contributed by atoms with Gasteiger partial charge in [-0.1, -0.05) is 0 Å². The van der Waals surface area contributed by atoms with Gasteiger partial charge in [0.25, 0.3) is 5.69 Å². The summed E-state index contributed by atoms with van der Waals surface area (Å²) >= 11 is 0. The van der Waals surface area contributed by atoms with Gasteiger partial charge in [0.05, 0.1) is 16.2 Å². The summed E-state index contributed by atoms with van der Waals surface area (Å²) in [4.78, 5) is 20.7. The van der Waals surface area contributed by atoms with Crippen molar-refractivity contribution >= 4 is 17.3 Å². The summed E-state index contributed by atoms with van der Waals surface area (Å²) in [6, 6.07) is 2.42. The lowest BCUT2D eigenvalue weighted by Gasteiger charge is -2.05. The summed E-state index contributed by atoms with van der Waals surface area (Å²) in [5.41, 5.74) is 2.05. The van der Waals surface area contributed by atoms with E-state index in [2.05, 4.69) is 5.43 Å². The van der Waals surface area contributed by atoms with Gasteiger partial charge in [-0.25, -0.2) is 4.79 Å². The second-order valence-corrected chi connectivity index (χ2v) is 2.87. The minimum absolute atomic E-state index is 0.103. The lowest BCUT2D eigenvalue weighted by Crippen LogP contribution is -2.10. The predicted octanol–water partition coefficient (Wildman–Crippen LogP) is 0.887. The third kappa shape index (κ3) is 2.02. The van der Waals surface area contributed by atoms with E-state index in [0.717, 1.165) is 0 Å². The summed E-state index contributed by atoms with van der Waals surface area (Å²) in [6.45, 7) is 1.38. The molecule has 0 unspecified atom stereocenters. The van der Waals surface area contributed by atoms with Crippen molar-refractivity contribution in [1.29, 1.82) is 0 Å². The van der Waals surface area contributed by atoms with Gasteiger partial charge >= 0.3 is 5.97 Å². The van der Waals surface area contributed by atoms with Crippen LogP contribution in [0.5, 0.6) is 0 Å². The average Bonchev–Trinajstić information content (AvgIpc) is 2.17. The molecule has 0 bridgehead atoms. The van der Waals surface area contributed by atoms with Gasteiger partial charge < -0.3 is 10.5 Å². The molecule has 0 atom stereocenters. The van der Waals surface area contributed by atoms with Gasteiger partial charge in [-0.2, -0.15) is 0 Å². The molecule has 0 aliphatic carbocycles. The lowest BCUT2D eigenvalue weighted by atomic mass is 10.1. The largest absolute Gasteiger partial charge is 0.478 e. The van der Waals surface area contributed by atoms with Gasteiger partial charge in [-0.3, -0.25) is 16.0 Å². The monoisotopic (exact) mass is 211 g/mol. The highest BCUT2D eigenvalue weighted by Gasteiger charge is 2.19. The summed E-state index contributed by atoms with van der Waals surface area (Å²) in [6.07, 6.45) is 0. The average molecular weight is 211 g/mol. The molecule has 0 aliphatic rings. The molecule has 0 saturated heterocycles. The van der Waals surface area contributed by atoms with Crippen LogP contribution in [0.2, 0.25) is 0 Å². The Morgan fingerprint density at radius 3 is 2.60 bits per heavy atom. The number of nitro benzene ring substituents is 1. The Morgan fingerprint density at radius 1 is 1.60 bits per heavy atom. The fraction of sp³-hybridized carbons (Fsp3) is 0.125. The van der Waals surface area contributed by atoms with Crippen LogP contribution >= 0.6 is 0 Å². The first kappa shape index (κ1) is 10.9. The van der Waals surface area contributed by atoms with E-state index in [1.165, 1.54) is 19.1 Å². The van der Waals surface area contributed by atoms with Gasteiger partial charge in [0, 0.05) is 11.6 Å². The first-order valence-electron chi connectivity index (χ1n) is 3.96. The van der Waals surface area contributed by atoms with Crippen LogP contribution in [0, 0.1) is 17.0 Å². The van der Waals surface area contributed by atoms with Crippen molar-refractivity contribution in [3.63, 3.8) is 0 Å². The molecule has 15 heavy (non-hydrogen) atoms. The quantitative estimate of drug-likeness (QED) is 0.388. The molecular weight excluding hydrogens is 202 g/mol. The van der Waals surface area contributed by atoms with Crippen molar-refractivity contribution in [2.75, 3.05) is 5.43 Å². The number of carboxylic acid groups (broad SMARTS) is 1. The maximum atomic E-state index is 10.8. The SMILES string of the molecule is Cc1c(C(=O)O)cc(NN)cc1[N+](=O)[O-]. The van der Waals surface area contributed by atoms with Crippen LogP contribution in [0.25, 0.3) is 0 Å². The van der Waals surface area contributed by atoms with E-state index < -0.39 is 10.9 Å². The second-order valence-electron chi connectivity index (χ2n) is 2.87. The zero-order valence-corrected chi connectivity index (χ0v) is 7.85. The first-order valence-corrected chi connectivity index (χ1v) is 3.96. The Labute approximate surface area is 84.6 Å². The summed E-state index contributed by atoms with van der Waals surface area (Å²) in [7, 11) is 0. The Kier molecular flexibility index (Phi) is 2.86. The number of rotatable bonds is 3. The maximum Gasteiger partial charge on any atom is 0.336 e. The minimum atomic E-state index is -1.23. The third-order valence-corrected chi connectivity index (χ3v) is 1.97. The van der Waals surface area contributed by atoms with Gasteiger partial charge in [0.2, 0.25) is 0 Å². The molecule has 0 aromatic heterocycles. The molecule has 7 nitrogen and oxygen atoms in total. The van der Waals surface area contributed by atoms with E-state index >= 15 is 0 Å². The molecule has 4 N–H and O–H groups in total. The van der Waals surface area contributed by atoms with Crippen molar-refractivity contribution in [1.82, 2.24) is 0 Å². The van der Waals surface area contributed by atoms with Crippen molar-refractivity contribution in [3.8, 4) is 0 Å². The number of anilines is 1. The number of carbonyl (C=O) groups is 1. The first-order chi connectivity index (χ1) is 6.97. The number of hydrogen-bond acceptors (Lipinski definition) is 5. The Hall–Kier alpha value is -2.15. The topological polar surface area (TPSA) is 118 Å². The zero-order chi connectivity index (χ0) is 11.6. The number of nitrogens with two attached hydrogens (primary N) is 1. The molecule has 0 aliphatic heterocycles. The standard InChI is InChI=1S/C8H9N3O4/c1-4-6(8(12)13)2-5(10-9)3-7(4)11(14)15/h2-3,10H,9H2,1H3,(H,12,13). The van der Waals surface area contributed by atoms with E-state index in [-0.39, 0.29) is 22.5 Å². The highest BCUT2D eigenvalue weighted by Crippen LogP contribution is 2.26. The van der Waals surface area contributed by atoms with E-state index in [0.29, 0.717) is 0 Å². The van der Waals surface area contributed by atoms with Crippen molar-refractivity contribution in [2.45, 2.75) is 6.92 Å². The molecule has 0 heterocycles. The number of hydrogen-bond donors (Lipinski definition) is 3. The van der Waals surface area contributed by atoms with Crippen LogP contribution < -0.4 is 11.3 Å². The van der Waals surface area contributed by atoms with Crippen LogP contribution in [-0.2, 0) is 0 Å². The van der Waals surface area contributed by atoms with Crippen molar-refractivity contribution < 1.29 is 14.8 Å². The molecule has 0 fully saturated rings. The number of carboxylic acids is 1. The molecule has 0 saturated carbocycles. The number of nitrogen functional groups attached to an aromatic ring is 1. The van der Waals surface area contributed by atoms with Crippen LogP contribution in [0.3, 0.4) is 0 Å². The maximum absolute atomic E-state index is 10.8. The van der Waals surface area contributed by atoms with Crippen LogP contribution in [0.15, 0.2) is 12.1 Å². The predicted molar refractivity (Wildman–Crippen MR) is 52.6 cm³/mol. The molecule has 0 spiro atoms. The Bertz CT molecular complexity index is 395. The van der Waals surface area contributed by atoms with E-state index in [1.807, 2.05) is 0 Å². The molecule has 80 valence electrons. The van der Waals surface area contributed by atoms with Crippen molar-refractivity contribution in [2.24, 2.45) is 5.84 Å². The fourth-order valence-corrected chi connectivity index (χ4v) is 1.19. The number of nitro groups is 1. The lowest BCUT2D eigenvalue weighted by molar-refractivity contribution is -0.385. The number of benzene rings is 1. The molecule has 1 aromatic carbocycles. The zero-order valence-electron chi connectivity index (χ0n) is 7.85. The summed E-state index contributed by atoms with van der Waals surface area (Å²) in [5, 5.41) is 19.4. The highest BCUT2D eigenvalue weighted by atomic mass is 16.6. The van der Waals surface area contributed by atoms with E-state index in [4.69, 9.17) is 10.9 Å². The van der Waals surface area contributed by atoms with Crippen LogP contribution in [-0.4, -0.2) is 16.0 Å².